The number of nitrogens with two attached hydrogens (primary N) is 2. The number of aromatic nitrogens is 2. The number of amides is 1. The predicted octanol–water partition coefficient (Wildman–Crippen LogP) is 0.275. The zero-order valence-corrected chi connectivity index (χ0v) is 10.1. The largest absolute Gasteiger partial charge is 0.368 e. The summed E-state index contributed by atoms with van der Waals surface area (Å²) in [5.74, 6) is 0.490. The van der Waals surface area contributed by atoms with Gasteiger partial charge in [-0.3, -0.25) is 4.79 Å². The first-order chi connectivity index (χ1) is 7.59. The minimum Gasteiger partial charge on any atom is -0.368 e. The molecule has 1 atom stereocenters. The van der Waals surface area contributed by atoms with Crippen molar-refractivity contribution in [3.05, 3.63) is 10.7 Å². The van der Waals surface area contributed by atoms with Gasteiger partial charge in [-0.1, -0.05) is 0 Å². The van der Waals surface area contributed by atoms with Gasteiger partial charge in [0.25, 0.3) is 0 Å². The molecule has 2 rings (SSSR count). The number of rotatable bonds is 2. The van der Waals surface area contributed by atoms with E-state index in [1.807, 2.05) is 4.90 Å². The van der Waals surface area contributed by atoms with Gasteiger partial charge < -0.3 is 16.4 Å². The topological polar surface area (TPSA) is 98.1 Å². The van der Waals surface area contributed by atoms with Crippen molar-refractivity contribution in [3.63, 3.8) is 0 Å². The SMILES string of the molecule is NC(=O)C1CCCN1c1nc(N)ncc1Br. The highest BCUT2D eigenvalue weighted by atomic mass is 79.9. The Morgan fingerprint density at radius 2 is 2.38 bits per heavy atom. The molecule has 0 spiro atoms. The molecule has 1 fully saturated rings. The van der Waals surface area contributed by atoms with Crippen LogP contribution in [0.4, 0.5) is 11.8 Å². The molecule has 0 radical (unpaired) electrons. The first-order valence-electron chi connectivity index (χ1n) is 4.93. The van der Waals surface area contributed by atoms with Crippen LogP contribution in [0.1, 0.15) is 12.8 Å². The number of nitrogen functional groups attached to an aromatic ring is 1. The van der Waals surface area contributed by atoms with E-state index in [0.29, 0.717) is 5.82 Å². The van der Waals surface area contributed by atoms with Crippen LogP contribution in [0.15, 0.2) is 10.7 Å². The van der Waals surface area contributed by atoms with Crippen LogP contribution in [0.5, 0.6) is 0 Å². The summed E-state index contributed by atoms with van der Waals surface area (Å²) in [7, 11) is 0. The predicted molar refractivity (Wildman–Crippen MR) is 63.7 cm³/mol. The maximum Gasteiger partial charge on any atom is 0.240 e. The summed E-state index contributed by atoms with van der Waals surface area (Å²) in [6.07, 6.45) is 3.25. The molecule has 86 valence electrons. The Bertz CT molecular complexity index is 424. The highest BCUT2D eigenvalue weighted by molar-refractivity contribution is 9.10. The maximum absolute atomic E-state index is 11.3. The highest BCUT2D eigenvalue weighted by Crippen LogP contribution is 2.30. The Morgan fingerprint density at radius 1 is 1.62 bits per heavy atom. The van der Waals surface area contributed by atoms with Crippen molar-refractivity contribution in [2.45, 2.75) is 18.9 Å². The molecule has 1 saturated heterocycles. The van der Waals surface area contributed by atoms with Gasteiger partial charge in [0.2, 0.25) is 11.9 Å². The number of halogens is 1. The van der Waals surface area contributed by atoms with Gasteiger partial charge in [-0.2, -0.15) is 4.98 Å². The first kappa shape index (κ1) is 11.1. The van der Waals surface area contributed by atoms with Crippen molar-refractivity contribution in [1.29, 1.82) is 0 Å². The van der Waals surface area contributed by atoms with Gasteiger partial charge in [-0.05, 0) is 28.8 Å². The third kappa shape index (κ3) is 1.95. The lowest BCUT2D eigenvalue weighted by Gasteiger charge is -2.24. The average Bonchev–Trinajstić information content (AvgIpc) is 2.70. The van der Waals surface area contributed by atoms with E-state index in [2.05, 4.69) is 25.9 Å². The van der Waals surface area contributed by atoms with Crippen molar-refractivity contribution >= 4 is 33.6 Å². The molecule has 0 bridgehead atoms. The Labute approximate surface area is 101 Å². The zero-order valence-electron chi connectivity index (χ0n) is 8.56. The molecule has 0 saturated carbocycles. The van der Waals surface area contributed by atoms with Crippen LogP contribution in [-0.2, 0) is 4.79 Å². The zero-order chi connectivity index (χ0) is 11.7. The number of carbonyl (C=O) groups excluding carboxylic acids is 1. The number of nitrogens with zero attached hydrogens (tertiary/aromatic N) is 3. The third-order valence-electron chi connectivity index (χ3n) is 2.60. The van der Waals surface area contributed by atoms with Gasteiger partial charge in [0.15, 0.2) is 0 Å². The molecule has 6 nitrogen and oxygen atoms in total. The van der Waals surface area contributed by atoms with Crippen LogP contribution < -0.4 is 16.4 Å². The molecule has 1 aromatic rings. The lowest BCUT2D eigenvalue weighted by Crippen LogP contribution is -2.41. The summed E-state index contributed by atoms with van der Waals surface area (Å²) in [5.41, 5.74) is 10.9. The molecular weight excluding hydrogens is 274 g/mol. The van der Waals surface area contributed by atoms with E-state index in [1.165, 1.54) is 0 Å². The number of primary amides is 1. The van der Waals surface area contributed by atoms with Crippen molar-refractivity contribution in [1.82, 2.24) is 9.97 Å². The summed E-state index contributed by atoms with van der Waals surface area (Å²) in [5, 5.41) is 0. The molecule has 0 aromatic carbocycles. The van der Waals surface area contributed by atoms with E-state index >= 15 is 0 Å². The fourth-order valence-electron chi connectivity index (χ4n) is 1.89. The molecule has 1 aromatic heterocycles. The molecular formula is C9H12BrN5O. The van der Waals surface area contributed by atoms with E-state index in [0.717, 1.165) is 23.9 Å². The van der Waals surface area contributed by atoms with Crippen molar-refractivity contribution in [2.24, 2.45) is 5.73 Å². The second-order valence-corrected chi connectivity index (χ2v) is 4.51. The molecule has 4 N–H and O–H groups in total. The van der Waals surface area contributed by atoms with E-state index < -0.39 is 0 Å². The molecule has 7 heteroatoms. The van der Waals surface area contributed by atoms with Crippen molar-refractivity contribution in [2.75, 3.05) is 17.2 Å². The van der Waals surface area contributed by atoms with Gasteiger partial charge in [-0.15, -0.1) is 0 Å². The smallest absolute Gasteiger partial charge is 0.240 e. The Kier molecular flexibility index (Phi) is 2.95. The molecule has 1 aliphatic rings. The monoisotopic (exact) mass is 285 g/mol. The first-order valence-corrected chi connectivity index (χ1v) is 5.73. The quantitative estimate of drug-likeness (QED) is 0.813. The summed E-state index contributed by atoms with van der Waals surface area (Å²) < 4.78 is 0.717. The summed E-state index contributed by atoms with van der Waals surface area (Å²) in [6.45, 7) is 0.753. The molecule has 16 heavy (non-hydrogen) atoms. The molecule has 1 amide bonds. The van der Waals surface area contributed by atoms with Crippen LogP contribution in [0, 0.1) is 0 Å². The van der Waals surface area contributed by atoms with E-state index in [4.69, 9.17) is 11.5 Å². The summed E-state index contributed by atoms with van der Waals surface area (Å²) >= 11 is 3.34. The van der Waals surface area contributed by atoms with Crippen LogP contribution >= 0.6 is 15.9 Å². The molecule has 2 heterocycles. The lowest BCUT2D eigenvalue weighted by atomic mass is 10.2. The fourth-order valence-corrected chi connectivity index (χ4v) is 2.31. The minimum atomic E-state index is -0.332. The van der Waals surface area contributed by atoms with Gasteiger partial charge in [0, 0.05) is 12.7 Å². The number of hydrogen-bond donors (Lipinski definition) is 2. The second kappa shape index (κ2) is 4.25. The van der Waals surface area contributed by atoms with Crippen molar-refractivity contribution in [3.8, 4) is 0 Å². The highest BCUT2D eigenvalue weighted by Gasteiger charge is 2.31. The number of hydrogen-bond acceptors (Lipinski definition) is 5. The van der Waals surface area contributed by atoms with Gasteiger partial charge in [0.1, 0.15) is 11.9 Å². The fraction of sp³-hybridized carbons (Fsp3) is 0.444. The standard InChI is InChI=1S/C9H12BrN5O/c10-5-4-13-9(12)14-8(5)15-3-1-2-6(15)7(11)16/h4,6H,1-3H2,(H2,11,16)(H2,12,13,14). The summed E-state index contributed by atoms with van der Waals surface area (Å²) in [4.78, 5) is 21.1. The van der Waals surface area contributed by atoms with Crippen LogP contribution in [0.25, 0.3) is 0 Å². The lowest BCUT2D eigenvalue weighted by molar-refractivity contribution is -0.119. The van der Waals surface area contributed by atoms with Gasteiger partial charge in [-0.25, -0.2) is 4.98 Å². The third-order valence-corrected chi connectivity index (χ3v) is 3.16. The average molecular weight is 286 g/mol. The summed E-state index contributed by atoms with van der Waals surface area (Å²) in [6, 6.07) is -0.300. The second-order valence-electron chi connectivity index (χ2n) is 3.65. The number of anilines is 2. The maximum atomic E-state index is 11.3. The van der Waals surface area contributed by atoms with Crippen LogP contribution in [-0.4, -0.2) is 28.5 Å². The van der Waals surface area contributed by atoms with Gasteiger partial charge >= 0.3 is 0 Å². The van der Waals surface area contributed by atoms with E-state index in [-0.39, 0.29) is 17.9 Å². The Balaban J connectivity index is 2.35. The number of carbonyl (C=O) groups is 1. The minimum absolute atomic E-state index is 0.188. The molecule has 0 aliphatic carbocycles. The van der Waals surface area contributed by atoms with E-state index in [9.17, 15) is 4.79 Å². The van der Waals surface area contributed by atoms with E-state index in [1.54, 1.807) is 6.20 Å². The normalized spacial score (nSPS) is 20.1. The van der Waals surface area contributed by atoms with Crippen molar-refractivity contribution < 1.29 is 4.79 Å². The Morgan fingerprint density at radius 3 is 3.06 bits per heavy atom. The Hall–Kier alpha value is -1.37. The van der Waals surface area contributed by atoms with Crippen LogP contribution in [0.3, 0.4) is 0 Å². The van der Waals surface area contributed by atoms with Crippen LogP contribution in [0.2, 0.25) is 0 Å². The molecule has 1 aliphatic heterocycles. The van der Waals surface area contributed by atoms with Gasteiger partial charge in [0.05, 0.1) is 4.47 Å². The molecule has 1 unspecified atom stereocenters.